The highest BCUT2D eigenvalue weighted by atomic mass is 15.2. The topological polar surface area (TPSA) is 39.1 Å². The van der Waals surface area contributed by atoms with Gasteiger partial charge >= 0.3 is 0 Å². The van der Waals surface area contributed by atoms with Crippen molar-refractivity contribution >= 4 is 0 Å². The number of rotatable bonds is 3. The highest BCUT2D eigenvalue weighted by Gasteiger charge is 2.41. The first-order valence-corrected chi connectivity index (χ1v) is 7.73. The van der Waals surface area contributed by atoms with Crippen molar-refractivity contribution in [3.63, 3.8) is 0 Å². The maximum atomic E-state index is 9.36. The van der Waals surface area contributed by atoms with Crippen LogP contribution in [0.15, 0.2) is 0 Å². The lowest BCUT2D eigenvalue weighted by Crippen LogP contribution is -2.45. The molecule has 1 N–H and O–H groups in total. The smallest absolute Gasteiger partial charge is 0.108 e. The number of nitrogens with one attached hydrogen (secondary N) is 1. The van der Waals surface area contributed by atoms with E-state index in [9.17, 15) is 5.26 Å². The molecular formula is C16H29N3. The Balaban J connectivity index is 1.92. The van der Waals surface area contributed by atoms with E-state index in [2.05, 4.69) is 37.2 Å². The zero-order chi connectivity index (χ0) is 14.1. The Kier molecular flexibility index (Phi) is 4.23. The van der Waals surface area contributed by atoms with E-state index in [0.29, 0.717) is 11.5 Å². The summed E-state index contributed by atoms with van der Waals surface area (Å²) in [6, 6.07) is 3.80. The zero-order valence-corrected chi connectivity index (χ0v) is 13.0. The molecule has 0 aromatic rings. The molecule has 0 bridgehead atoms. The molecule has 0 spiro atoms. The van der Waals surface area contributed by atoms with Crippen LogP contribution in [-0.2, 0) is 0 Å². The summed E-state index contributed by atoms with van der Waals surface area (Å²) >= 11 is 0. The maximum absolute atomic E-state index is 9.36. The van der Waals surface area contributed by atoms with Gasteiger partial charge in [-0.15, -0.1) is 0 Å². The van der Waals surface area contributed by atoms with Gasteiger partial charge in [0.25, 0.3) is 0 Å². The Bertz CT molecular complexity index is 347. The Morgan fingerprint density at radius 3 is 2.16 bits per heavy atom. The molecule has 3 nitrogen and oxygen atoms in total. The average molecular weight is 263 g/mol. The van der Waals surface area contributed by atoms with Gasteiger partial charge in [0.1, 0.15) is 5.54 Å². The van der Waals surface area contributed by atoms with Crippen molar-refractivity contribution in [1.29, 1.82) is 5.26 Å². The summed E-state index contributed by atoms with van der Waals surface area (Å²) in [6.45, 7) is 4.78. The predicted molar refractivity (Wildman–Crippen MR) is 78.8 cm³/mol. The molecule has 2 atom stereocenters. The zero-order valence-electron chi connectivity index (χ0n) is 13.0. The van der Waals surface area contributed by atoms with Crippen LogP contribution in [0.2, 0.25) is 0 Å². The molecule has 2 fully saturated rings. The van der Waals surface area contributed by atoms with E-state index in [1.807, 2.05) is 7.05 Å². The van der Waals surface area contributed by atoms with Gasteiger partial charge in [-0.3, -0.25) is 0 Å². The highest BCUT2D eigenvalue weighted by Crippen LogP contribution is 2.39. The second-order valence-corrected chi connectivity index (χ2v) is 7.40. The van der Waals surface area contributed by atoms with Crippen molar-refractivity contribution in [2.75, 3.05) is 14.1 Å². The summed E-state index contributed by atoms with van der Waals surface area (Å²) in [5, 5.41) is 12.6. The third-order valence-electron chi connectivity index (χ3n) is 5.64. The van der Waals surface area contributed by atoms with Gasteiger partial charge in [-0.1, -0.05) is 13.8 Å². The second-order valence-electron chi connectivity index (χ2n) is 7.40. The number of nitriles is 1. The van der Waals surface area contributed by atoms with Crippen LogP contribution in [0.4, 0.5) is 0 Å². The average Bonchev–Trinajstić information content (AvgIpc) is 2.83. The van der Waals surface area contributed by atoms with E-state index in [0.717, 1.165) is 25.3 Å². The number of hydrogen-bond donors (Lipinski definition) is 1. The highest BCUT2D eigenvalue weighted by molar-refractivity contribution is 5.13. The van der Waals surface area contributed by atoms with Gasteiger partial charge in [-0.2, -0.15) is 5.26 Å². The van der Waals surface area contributed by atoms with Crippen molar-refractivity contribution in [2.45, 2.75) is 76.4 Å². The molecule has 0 heterocycles. The van der Waals surface area contributed by atoms with Crippen LogP contribution in [0, 0.1) is 16.7 Å². The molecule has 2 rings (SSSR count). The first-order valence-electron chi connectivity index (χ1n) is 7.73. The van der Waals surface area contributed by atoms with Crippen LogP contribution < -0.4 is 5.32 Å². The summed E-state index contributed by atoms with van der Waals surface area (Å²) in [6.07, 6.45) is 8.45. The number of hydrogen-bond acceptors (Lipinski definition) is 3. The maximum Gasteiger partial charge on any atom is 0.108 e. The van der Waals surface area contributed by atoms with Crippen LogP contribution in [0.1, 0.15) is 58.8 Å². The molecule has 2 saturated carbocycles. The van der Waals surface area contributed by atoms with Gasteiger partial charge in [0.15, 0.2) is 0 Å². The summed E-state index contributed by atoms with van der Waals surface area (Å²) in [7, 11) is 4.20. The summed E-state index contributed by atoms with van der Waals surface area (Å²) in [5.74, 6) is 0. The van der Waals surface area contributed by atoms with Crippen molar-refractivity contribution in [2.24, 2.45) is 5.41 Å². The third-order valence-corrected chi connectivity index (χ3v) is 5.64. The molecule has 0 saturated heterocycles. The van der Waals surface area contributed by atoms with E-state index < -0.39 is 0 Å². The minimum atomic E-state index is -0.271. The quantitative estimate of drug-likeness (QED) is 0.851. The summed E-state index contributed by atoms with van der Waals surface area (Å²) in [5.41, 5.74) is 0.265. The lowest BCUT2D eigenvalue weighted by molar-refractivity contribution is 0.0942. The van der Waals surface area contributed by atoms with Crippen molar-refractivity contribution in [1.82, 2.24) is 10.2 Å². The fraction of sp³-hybridized carbons (Fsp3) is 0.938. The lowest BCUT2D eigenvalue weighted by Gasteiger charge is -2.41. The minimum absolute atomic E-state index is 0.271. The monoisotopic (exact) mass is 263 g/mol. The molecule has 108 valence electrons. The molecule has 19 heavy (non-hydrogen) atoms. The third kappa shape index (κ3) is 3.12. The van der Waals surface area contributed by atoms with Gasteiger partial charge in [-0.05, 0) is 64.5 Å². The second kappa shape index (κ2) is 5.42. The summed E-state index contributed by atoms with van der Waals surface area (Å²) < 4.78 is 0. The Morgan fingerprint density at radius 1 is 1.11 bits per heavy atom. The van der Waals surface area contributed by atoms with Crippen LogP contribution in [0.3, 0.4) is 0 Å². The van der Waals surface area contributed by atoms with Crippen LogP contribution >= 0.6 is 0 Å². The molecule has 2 unspecified atom stereocenters. The molecule has 0 radical (unpaired) electrons. The molecule has 2 aliphatic carbocycles. The van der Waals surface area contributed by atoms with Crippen LogP contribution in [-0.4, -0.2) is 36.6 Å². The van der Waals surface area contributed by atoms with Crippen molar-refractivity contribution in [3.8, 4) is 6.07 Å². The van der Waals surface area contributed by atoms with Gasteiger partial charge < -0.3 is 10.2 Å². The lowest BCUT2D eigenvalue weighted by atomic mass is 9.75. The van der Waals surface area contributed by atoms with E-state index >= 15 is 0 Å². The van der Waals surface area contributed by atoms with E-state index in [1.54, 1.807) is 0 Å². The Labute approximate surface area is 118 Å². The van der Waals surface area contributed by atoms with Crippen molar-refractivity contribution < 1.29 is 0 Å². The van der Waals surface area contributed by atoms with E-state index in [-0.39, 0.29) is 5.54 Å². The molecular weight excluding hydrogens is 234 g/mol. The Hall–Kier alpha value is -0.590. The standard InChI is InChI=1S/C16H29N3/c1-15(2)8-5-13(6-9-15)19(4)14-7-10-16(11-14,12-17)18-3/h13-14,18H,5-11H2,1-4H3. The van der Waals surface area contributed by atoms with Gasteiger partial charge in [-0.25, -0.2) is 0 Å². The van der Waals surface area contributed by atoms with Gasteiger partial charge in [0.2, 0.25) is 0 Å². The Morgan fingerprint density at radius 2 is 1.68 bits per heavy atom. The summed E-state index contributed by atoms with van der Waals surface area (Å²) in [4.78, 5) is 2.58. The van der Waals surface area contributed by atoms with E-state index in [1.165, 1.54) is 25.7 Å². The minimum Gasteiger partial charge on any atom is -0.302 e. The normalized spacial score (nSPS) is 35.5. The SMILES string of the molecule is CNC1(C#N)CCC(N(C)C2CCC(C)(C)CC2)C1. The molecule has 0 aromatic heterocycles. The van der Waals surface area contributed by atoms with Crippen LogP contribution in [0.5, 0.6) is 0 Å². The fourth-order valence-corrected chi connectivity index (χ4v) is 3.84. The van der Waals surface area contributed by atoms with Gasteiger partial charge in [0, 0.05) is 12.1 Å². The molecule has 3 heteroatoms. The van der Waals surface area contributed by atoms with Gasteiger partial charge in [0.05, 0.1) is 6.07 Å². The number of nitrogens with zero attached hydrogens (tertiary/aromatic N) is 2. The van der Waals surface area contributed by atoms with Crippen LogP contribution in [0.25, 0.3) is 0 Å². The largest absolute Gasteiger partial charge is 0.302 e. The van der Waals surface area contributed by atoms with E-state index in [4.69, 9.17) is 0 Å². The molecule has 0 aromatic carbocycles. The molecule has 2 aliphatic rings. The first-order chi connectivity index (χ1) is 8.91. The predicted octanol–water partition coefficient (Wildman–Crippen LogP) is 2.92. The first kappa shape index (κ1) is 14.8. The molecule has 0 aliphatic heterocycles. The molecule has 0 amide bonds. The van der Waals surface area contributed by atoms with Crippen molar-refractivity contribution in [3.05, 3.63) is 0 Å². The fourth-order valence-electron chi connectivity index (χ4n) is 3.84.